The summed E-state index contributed by atoms with van der Waals surface area (Å²) in [5, 5.41) is 2.74. The first-order chi connectivity index (χ1) is 11.1. The van der Waals surface area contributed by atoms with E-state index in [2.05, 4.69) is 15.3 Å². The highest BCUT2D eigenvalue weighted by Gasteiger charge is 2.07. The number of carbonyl (C=O) groups excluding carboxylic acids is 1. The molecule has 0 unspecified atom stereocenters. The molecule has 2 aromatic carbocycles. The van der Waals surface area contributed by atoms with Gasteiger partial charge in [-0.15, -0.1) is 0 Å². The van der Waals surface area contributed by atoms with Gasteiger partial charge in [0.05, 0.1) is 11.4 Å². The minimum Gasteiger partial charge on any atom is -0.368 e. The molecule has 0 radical (unpaired) electrons. The lowest BCUT2D eigenvalue weighted by Gasteiger charge is -2.07. The molecule has 3 rings (SSSR count). The van der Waals surface area contributed by atoms with E-state index in [-0.39, 0.29) is 11.9 Å². The molecule has 23 heavy (non-hydrogen) atoms. The van der Waals surface area contributed by atoms with Crippen LogP contribution in [-0.2, 0) is 4.79 Å². The van der Waals surface area contributed by atoms with E-state index in [0.717, 1.165) is 28.2 Å². The van der Waals surface area contributed by atoms with E-state index in [9.17, 15) is 4.79 Å². The molecule has 0 aliphatic heterocycles. The quantitative estimate of drug-likeness (QED) is 0.777. The van der Waals surface area contributed by atoms with E-state index >= 15 is 0 Å². The summed E-state index contributed by atoms with van der Waals surface area (Å²) in [7, 11) is 0. The van der Waals surface area contributed by atoms with Crippen LogP contribution in [0.25, 0.3) is 22.5 Å². The van der Waals surface area contributed by atoms with E-state index in [4.69, 9.17) is 5.73 Å². The summed E-state index contributed by atoms with van der Waals surface area (Å²) in [6.07, 6.45) is 0. The van der Waals surface area contributed by atoms with E-state index in [0.29, 0.717) is 0 Å². The van der Waals surface area contributed by atoms with Crippen molar-refractivity contribution in [2.75, 3.05) is 11.1 Å². The van der Waals surface area contributed by atoms with Crippen LogP contribution in [-0.4, -0.2) is 15.9 Å². The van der Waals surface area contributed by atoms with Gasteiger partial charge in [-0.05, 0) is 18.2 Å². The summed E-state index contributed by atoms with van der Waals surface area (Å²) >= 11 is 0. The molecule has 0 aliphatic rings. The summed E-state index contributed by atoms with van der Waals surface area (Å²) in [5.41, 5.74) is 10.0. The Labute approximate surface area is 134 Å². The molecule has 5 heteroatoms. The summed E-state index contributed by atoms with van der Waals surface area (Å²) in [5.74, 6) is 0.127. The molecule has 0 saturated carbocycles. The van der Waals surface area contributed by atoms with Crippen LogP contribution >= 0.6 is 0 Å². The normalized spacial score (nSPS) is 10.3. The van der Waals surface area contributed by atoms with Crippen LogP contribution in [0.3, 0.4) is 0 Å². The van der Waals surface area contributed by atoms with Crippen molar-refractivity contribution in [2.45, 2.75) is 6.92 Å². The summed E-state index contributed by atoms with van der Waals surface area (Å²) < 4.78 is 0. The molecule has 1 heterocycles. The minimum absolute atomic E-state index is 0.101. The maximum absolute atomic E-state index is 11.1. The molecule has 0 saturated heterocycles. The molecular formula is C18H16N4O. The topological polar surface area (TPSA) is 80.9 Å². The third kappa shape index (κ3) is 3.52. The maximum atomic E-state index is 11.1. The number of hydrogen-bond donors (Lipinski definition) is 2. The van der Waals surface area contributed by atoms with Crippen LogP contribution < -0.4 is 11.1 Å². The minimum atomic E-state index is -0.101. The standard InChI is InChI=1S/C18H16N4O/c1-12(23)20-15-9-7-14(8-10-15)17-11-16(21-18(19)22-17)13-5-3-2-4-6-13/h2-11H,1H3,(H,20,23)(H2,19,21,22). The zero-order chi connectivity index (χ0) is 16.2. The number of nitrogens with one attached hydrogen (secondary N) is 1. The lowest BCUT2D eigenvalue weighted by Crippen LogP contribution is -2.05. The van der Waals surface area contributed by atoms with E-state index in [1.807, 2.05) is 60.7 Å². The molecule has 3 N–H and O–H groups in total. The van der Waals surface area contributed by atoms with Gasteiger partial charge in [-0.3, -0.25) is 4.79 Å². The van der Waals surface area contributed by atoms with Crippen molar-refractivity contribution < 1.29 is 4.79 Å². The monoisotopic (exact) mass is 304 g/mol. The van der Waals surface area contributed by atoms with Gasteiger partial charge in [0.25, 0.3) is 0 Å². The Bertz CT molecular complexity index is 829. The van der Waals surface area contributed by atoms with Crippen LogP contribution in [0, 0.1) is 0 Å². The number of nitrogen functional groups attached to an aromatic ring is 1. The number of anilines is 2. The zero-order valence-corrected chi connectivity index (χ0v) is 12.7. The van der Waals surface area contributed by atoms with Gasteiger partial charge in [0, 0.05) is 23.7 Å². The van der Waals surface area contributed by atoms with Gasteiger partial charge in [0.15, 0.2) is 0 Å². The largest absolute Gasteiger partial charge is 0.368 e. The lowest BCUT2D eigenvalue weighted by atomic mass is 10.1. The molecule has 0 fully saturated rings. The first-order valence-corrected chi connectivity index (χ1v) is 7.20. The summed E-state index contributed by atoms with van der Waals surface area (Å²) in [4.78, 5) is 19.7. The van der Waals surface area contributed by atoms with Crippen molar-refractivity contribution in [2.24, 2.45) is 0 Å². The van der Waals surface area contributed by atoms with Crippen molar-refractivity contribution in [1.82, 2.24) is 9.97 Å². The number of rotatable bonds is 3. The van der Waals surface area contributed by atoms with E-state index < -0.39 is 0 Å². The van der Waals surface area contributed by atoms with Gasteiger partial charge in [-0.1, -0.05) is 42.5 Å². The number of aromatic nitrogens is 2. The predicted molar refractivity (Wildman–Crippen MR) is 91.6 cm³/mol. The van der Waals surface area contributed by atoms with Crippen LogP contribution in [0.2, 0.25) is 0 Å². The van der Waals surface area contributed by atoms with Gasteiger partial charge in [0.1, 0.15) is 0 Å². The SMILES string of the molecule is CC(=O)Nc1ccc(-c2cc(-c3ccccc3)nc(N)n2)cc1. The predicted octanol–water partition coefficient (Wildman–Crippen LogP) is 3.35. The summed E-state index contributed by atoms with van der Waals surface area (Å²) in [6, 6.07) is 19.2. The zero-order valence-electron chi connectivity index (χ0n) is 12.7. The Hall–Kier alpha value is -3.21. The van der Waals surface area contributed by atoms with Crippen molar-refractivity contribution in [3.05, 3.63) is 60.7 Å². The Kier molecular flexibility index (Phi) is 4.01. The van der Waals surface area contributed by atoms with Crippen molar-refractivity contribution in [1.29, 1.82) is 0 Å². The average Bonchev–Trinajstić information content (AvgIpc) is 2.55. The fourth-order valence-electron chi connectivity index (χ4n) is 2.30. The maximum Gasteiger partial charge on any atom is 0.221 e. The second-order valence-corrected chi connectivity index (χ2v) is 5.12. The fourth-order valence-corrected chi connectivity index (χ4v) is 2.30. The van der Waals surface area contributed by atoms with Gasteiger partial charge < -0.3 is 11.1 Å². The van der Waals surface area contributed by atoms with Crippen molar-refractivity contribution in [3.8, 4) is 22.5 Å². The third-order valence-electron chi connectivity index (χ3n) is 3.31. The molecule has 114 valence electrons. The molecule has 3 aromatic rings. The Morgan fingerprint density at radius 2 is 1.48 bits per heavy atom. The number of nitrogens with zero attached hydrogens (tertiary/aromatic N) is 2. The molecular weight excluding hydrogens is 288 g/mol. The Morgan fingerprint density at radius 3 is 2.04 bits per heavy atom. The highest BCUT2D eigenvalue weighted by Crippen LogP contribution is 2.25. The molecule has 1 aromatic heterocycles. The average molecular weight is 304 g/mol. The second kappa shape index (κ2) is 6.27. The molecule has 0 spiro atoms. The van der Waals surface area contributed by atoms with Gasteiger partial charge in [-0.25, -0.2) is 9.97 Å². The Morgan fingerprint density at radius 1 is 0.913 bits per heavy atom. The molecule has 5 nitrogen and oxygen atoms in total. The first kappa shape index (κ1) is 14.7. The first-order valence-electron chi connectivity index (χ1n) is 7.20. The molecule has 0 aliphatic carbocycles. The molecule has 1 amide bonds. The van der Waals surface area contributed by atoms with Crippen LogP contribution in [0.15, 0.2) is 60.7 Å². The Balaban J connectivity index is 1.97. The van der Waals surface area contributed by atoms with Gasteiger partial charge >= 0.3 is 0 Å². The van der Waals surface area contributed by atoms with E-state index in [1.54, 1.807) is 0 Å². The van der Waals surface area contributed by atoms with E-state index in [1.165, 1.54) is 6.92 Å². The molecule has 0 bridgehead atoms. The van der Waals surface area contributed by atoms with Crippen LogP contribution in [0.4, 0.5) is 11.6 Å². The number of benzene rings is 2. The lowest BCUT2D eigenvalue weighted by molar-refractivity contribution is -0.114. The summed E-state index contributed by atoms with van der Waals surface area (Å²) in [6.45, 7) is 1.48. The molecule has 0 atom stereocenters. The van der Waals surface area contributed by atoms with Crippen LogP contribution in [0.5, 0.6) is 0 Å². The fraction of sp³-hybridized carbons (Fsp3) is 0.0556. The van der Waals surface area contributed by atoms with Crippen molar-refractivity contribution >= 4 is 17.5 Å². The highest BCUT2D eigenvalue weighted by molar-refractivity contribution is 5.89. The van der Waals surface area contributed by atoms with Gasteiger partial charge in [0.2, 0.25) is 11.9 Å². The third-order valence-corrected chi connectivity index (χ3v) is 3.31. The van der Waals surface area contributed by atoms with Gasteiger partial charge in [-0.2, -0.15) is 0 Å². The van der Waals surface area contributed by atoms with Crippen molar-refractivity contribution in [3.63, 3.8) is 0 Å². The number of carbonyl (C=O) groups is 1. The second-order valence-electron chi connectivity index (χ2n) is 5.12. The highest BCUT2D eigenvalue weighted by atomic mass is 16.1. The van der Waals surface area contributed by atoms with Crippen LogP contribution in [0.1, 0.15) is 6.92 Å². The number of hydrogen-bond acceptors (Lipinski definition) is 4. The number of amides is 1. The number of nitrogens with two attached hydrogens (primary N) is 1. The smallest absolute Gasteiger partial charge is 0.221 e.